The molecule has 136 valence electrons. The summed E-state index contributed by atoms with van der Waals surface area (Å²) >= 11 is 0. The maximum atomic E-state index is 5.57. The highest BCUT2D eigenvalue weighted by Gasteiger charge is 2.16. The number of rotatable bonds is 4. The molecule has 6 nitrogen and oxygen atoms in total. The fourth-order valence-corrected chi connectivity index (χ4v) is 3.25. The number of oxazole rings is 1. The van der Waals surface area contributed by atoms with E-state index in [9.17, 15) is 0 Å². The van der Waals surface area contributed by atoms with Gasteiger partial charge in [-0.3, -0.25) is 4.57 Å². The Bertz CT molecular complexity index is 856. The Balaban J connectivity index is 1.58. The molecule has 26 heavy (non-hydrogen) atoms. The zero-order valence-corrected chi connectivity index (χ0v) is 15.6. The molecule has 1 fully saturated rings. The van der Waals surface area contributed by atoms with Crippen molar-refractivity contribution in [3.63, 3.8) is 0 Å². The van der Waals surface area contributed by atoms with Gasteiger partial charge in [0.15, 0.2) is 11.7 Å². The minimum absolute atomic E-state index is 0.259. The van der Waals surface area contributed by atoms with Crippen molar-refractivity contribution in [2.24, 2.45) is 0 Å². The van der Waals surface area contributed by atoms with E-state index in [0.29, 0.717) is 0 Å². The summed E-state index contributed by atoms with van der Waals surface area (Å²) in [5.74, 6) is 1.79. The van der Waals surface area contributed by atoms with Crippen molar-refractivity contribution in [3.05, 3.63) is 48.8 Å². The van der Waals surface area contributed by atoms with E-state index < -0.39 is 0 Å². The maximum Gasteiger partial charge on any atom is 0.197 e. The summed E-state index contributed by atoms with van der Waals surface area (Å²) in [6.45, 7) is 8.50. The van der Waals surface area contributed by atoms with Gasteiger partial charge in [0.25, 0.3) is 0 Å². The van der Waals surface area contributed by atoms with Crippen molar-refractivity contribution in [1.82, 2.24) is 19.4 Å². The molecule has 6 heteroatoms. The van der Waals surface area contributed by atoms with E-state index in [-0.39, 0.29) is 5.92 Å². The number of aromatic nitrogens is 3. The van der Waals surface area contributed by atoms with Crippen LogP contribution in [-0.2, 0) is 0 Å². The Morgan fingerprint density at radius 1 is 1.00 bits per heavy atom. The number of anilines is 1. The van der Waals surface area contributed by atoms with Gasteiger partial charge in [-0.15, -0.1) is 0 Å². The summed E-state index contributed by atoms with van der Waals surface area (Å²) in [5.41, 5.74) is 3.11. The van der Waals surface area contributed by atoms with Crippen LogP contribution >= 0.6 is 0 Å². The molecule has 3 heterocycles. The average Bonchev–Trinajstić information content (AvgIpc) is 3.32. The number of hydrogen-bond donors (Lipinski definition) is 0. The summed E-state index contributed by atoms with van der Waals surface area (Å²) in [6, 6.07) is 8.66. The van der Waals surface area contributed by atoms with Crippen molar-refractivity contribution in [2.75, 3.05) is 38.1 Å². The van der Waals surface area contributed by atoms with Crippen molar-refractivity contribution < 1.29 is 4.42 Å². The van der Waals surface area contributed by atoms with Crippen molar-refractivity contribution in [2.45, 2.75) is 19.8 Å². The van der Waals surface area contributed by atoms with Crippen LogP contribution in [0.1, 0.15) is 25.7 Å². The van der Waals surface area contributed by atoms with Crippen LogP contribution in [0.25, 0.3) is 17.2 Å². The van der Waals surface area contributed by atoms with Gasteiger partial charge >= 0.3 is 0 Å². The van der Waals surface area contributed by atoms with Crippen LogP contribution in [0.3, 0.4) is 0 Å². The molecule has 0 N–H and O–H groups in total. The number of piperazine rings is 1. The second-order valence-corrected chi connectivity index (χ2v) is 7.15. The first-order valence-corrected chi connectivity index (χ1v) is 9.15. The first kappa shape index (κ1) is 16.8. The highest BCUT2D eigenvalue weighted by molar-refractivity contribution is 5.56. The number of hydrogen-bond acceptors (Lipinski definition) is 5. The Labute approximate surface area is 154 Å². The predicted molar refractivity (Wildman–Crippen MR) is 103 cm³/mol. The molecule has 0 atom stereocenters. The Morgan fingerprint density at radius 3 is 2.35 bits per heavy atom. The van der Waals surface area contributed by atoms with Crippen molar-refractivity contribution in [1.29, 1.82) is 0 Å². The van der Waals surface area contributed by atoms with E-state index >= 15 is 0 Å². The standard InChI is InChI=1S/C20H25N5O/c1-15(2)20-22-18(14-26-20)19-21-8-9-25(19)17-6-4-16(5-7-17)24-12-10-23(3)11-13-24/h4-9,14-15H,10-13H2,1-3H3. The molecule has 0 radical (unpaired) electrons. The summed E-state index contributed by atoms with van der Waals surface area (Å²) < 4.78 is 7.62. The molecule has 1 aliphatic rings. The fourth-order valence-electron chi connectivity index (χ4n) is 3.25. The summed E-state index contributed by atoms with van der Waals surface area (Å²) in [7, 11) is 2.18. The molecule has 0 aliphatic carbocycles. The Morgan fingerprint density at radius 2 is 1.69 bits per heavy atom. The largest absolute Gasteiger partial charge is 0.448 e. The minimum Gasteiger partial charge on any atom is -0.448 e. The third-order valence-corrected chi connectivity index (χ3v) is 4.88. The molecule has 1 aromatic carbocycles. The summed E-state index contributed by atoms with van der Waals surface area (Å²) in [6.07, 6.45) is 5.45. The number of imidazole rings is 1. The highest BCUT2D eigenvalue weighted by Crippen LogP contribution is 2.25. The molecular formula is C20H25N5O. The Hall–Kier alpha value is -2.60. The van der Waals surface area contributed by atoms with Gasteiger partial charge in [0, 0.05) is 55.9 Å². The number of likely N-dealkylation sites (N-methyl/N-ethyl adjacent to an activating group) is 1. The molecule has 2 aromatic heterocycles. The molecule has 0 saturated carbocycles. The van der Waals surface area contributed by atoms with Crippen LogP contribution in [0.4, 0.5) is 5.69 Å². The zero-order chi connectivity index (χ0) is 18.1. The molecule has 0 bridgehead atoms. The van der Waals surface area contributed by atoms with Crippen molar-refractivity contribution >= 4 is 5.69 Å². The van der Waals surface area contributed by atoms with Gasteiger partial charge in [0.2, 0.25) is 0 Å². The van der Waals surface area contributed by atoms with Gasteiger partial charge < -0.3 is 14.2 Å². The van der Waals surface area contributed by atoms with Gasteiger partial charge in [-0.2, -0.15) is 0 Å². The van der Waals surface area contributed by atoms with Crippen LogP contribution in [0, 0.1) is 0 Å². The smallest absolute Gasteiger partial charge is 0.197 e. The van der Waals surface area contributed by atoms with Gasteiger partial charge in [0.1, 0.15) is 12.0 Å². The van der Waals surface area contributed by atoms with E-state index in [0.717, 1.165) is 49.3 Å². The Kier molecular flexibility index (Phi) is 4.51. The molecule has 0 unspecified atom stereocenters. The molecule has 3 aromatic rings. The van der Waals surface area contributed by atoms with Gasteiger partial charge in [-0.1, -0.05) is 13.8 Å². The number of benzene rings is 1. The van der Waals surface area contributed by atoms with Gasteiger partial charge in [-0.25, -0.2) is 9.97 Å². The molecule has 1 aliphatic heterocycles. The topological polar surface area (TPSA) is 50.3 Å². The number of nitrogens with zero attached hydrogens (tertiary/aromatic N) is 5. The van der Waals surface area contributed by atoms with Crippen LogP contribution in [0.5, 0.6) is 0 Å². The molecule has 0 spiro atoms. The van der Waals surface area contributed by atoms with Crippen LogP contribution in [0.2, 0.25) is 0 Å². The van der Waals surface area contributed by atoms with Crippen molar-refractivity contribution in [3.8, 4) is 17.2 Å². The minimum atomic E-state index is 0.259. The average molecular weight is 351 g/mol. The lowest BCUT2D eigenvalue weighted by Gasteiger charge is -2.34. The molecule has 1 saturated heterocycles. The predicted octanol–water partition coefficient (Wildman–Crippen LogP) is 3.40. The van der Waals surface area contributed by atoms with Gasteiger partial charge in [0.05, 0.1) is 0 Å². The quantitative estimate of drug-likeness (QED) is 0.721. The maximum absolute atomic E-state index is 5.57. The van der Waals surface area contributed by atoms with Crippen LogP contribution in [-0.4, -0.2) is 52.7 Å². The first-order chi connectivity index (χ1) is 12.6. The lowest BCUT2D eigenvalue weighted by molar-refractivity contribution is 0.313. The lowest BCUT2D eigenvalue weighted by Crippen LogP contribution is -2.44. The highest BCUT2D eigenvalue weighted by atomic mass is 16.3. The van der Waals surface area contributed by atoms with E-state index in [4.69, 9.17) is 4.42 Å². The van der Waals surface area contributed by atoms with E-state index in [1.807, 2.05) is 6.20 Å². The first-order valence-electron chi connectivity index (χ1n) is 9.15. The van der Waals surface area contributed by atoms with Crippen LogP contribution < -0.4 is 4.90 Å². The summed E-state index contributed by atoms with van der Waals surface area (Å²) in [4.78, 5) is 13.9. The zero-order valence-electron chi connectivity index (χ0n) is 15.6. The molecule has 4 rings (SSSR count). The monoisotopic (exact) mass is 351 g/mol. The third kappa shape index (κ3) is 3.24. The third-order valence-electron chi connectivity index (χ3n) is 4.88. The van der Waals surface area contributed by atoms with E-state index in [1.54, 1.807) is 12.5 Å². The molecular weight excluding hydrogens is 326 g/mol. The fraction of sp³-hybridized carbons (Fsp3) is 0.400. The van der Waals surface area contributed by atoms with Gasteiger partial charge in [-0.05, 0) is 31.3 Å². The summed E-state index contributed by atoms with van der Waals surface area (Å²) in [5, 5.41) is 0. The van der Waals surface area contributed by atoms with E-state index in [2.05, 4.69) is 69.5 Å². The van der Waals surface area contributed by atoms with E-state index in [1.165, 1.54) is 5.69 Å². The van der Waals surface area contributed by atoms with Crippen LogP contribution in [0.15, 0.2) is 47.3 Å². The second-order valence-electron chi connectivity index (χ2n) is 7.15. The molecule has 0 amide bonds. The lowest BCUT2D eigenvalue weighted by atomic mass is 10.2. The normalized spacial score (nSPS) is 15.8. The second kappa shape index (κ2) is 6.96. The SMILES string of the molecule is CC(C)c1nc(-c2nccn2-c2ccc(N3CCN(C)CC3)cc2)co1.